The summed E-state index contributed by atoms with van der Waals surface area (Å²) in [6.45, 7) is 0.326. The summed E-state index contributed by atoms with van der Waals surface area (Å²) < 4.78 is 1.74. The van der Waals surface area contributed by atoms with Crippen molar-refractivity contribution in [2.24, 2.45) is 0 Å². The molecule has 0 radical (unpaired) electrons. The molecule has 0 aliphatic carbocycles. The van der Waals surface area contributed by atoms with Gasteiger partial charge in [0.25, 0.3) is 5.91 Å². The van der Waals surface area contributed by atoms with Gasteiger partial charge in [-0.25, -0.2) is 14.2 Å². The number of aryl methyl sites for hydroxylation is 1. The molecule has 2 aliphatic rings. The normalized spacial score (nSPS) is 19.1. The summed E-state index contributed by atoms with van der Waals surface area (Å²) in [5, 5.41) is 31.3. The molecule has 4 N–H and O–H groups in total. The van der Waals surface area contributed by atoms with Crippen LogP contribution in [-0.2, 0) is 25.7 Å². The van der Waals surface area contributed by atoms with E-state index in [2.05, 4.69) is 5.32 Å². The van der Waals surface area contributed by atoms with E-state index in [1.165, 1.54) is 40.2 Å². The van der Waals surface area contributed by atoms with E-state index in [1.54, 1.807) is 35.2 Å². The standard InChI is InChI=1S/C25H23Cl2N3O7S3/c26-14-1-2-16(27)18(9-14)39-12-19(32)28-20-22(33)30-21(25(36)37)13(11-40-23(20)30)10-38-15-3-6-29(7-4-15)8-5-17(31)24(34)35/h1-4,6-7,9,17,20,23,31H,5,8,10-12H2,(H2-,28,32,34,35,36,37)/p+1/t17-,20+,23+/m0/s1. The first-order valence-corrected chi connectivity index (χ1v) is 15.6. The number of hydrogen-bond acceptors (Lipinski definition) is 8. The fraction of sp³-hybridized carbons (Fsp3) is 0.320. The van der Waals surface area contributed by atoms with Crippen molar-refractivity contribution in [3.63, 3.8) is 0 Å². The van der Waals surface area contributed by atoms with Crippen molar-refractivity contribution in [1.82, 2.24) is 10.2 Å². The Labute approximate surface area is 252 Å². The third-order valence-electron chi connectivity index (χ3n) is 6.04. The Morgan fingerprint density at radius 2 is 1.88 bits per heavy atom. The maximum Gasteiger partial charge on any atom is 0.352 e. The molecule has 1 aromatic heterocycles. The van der Waals surface area contributed by atoms with Crippen LogP contribution in [0.25, 0.3) is 0 Å². The molecule has 0 bridgehead atoms. The predicted octanol–water partition coefficient (Wildman–Crippen LogP) is 2.74. The zero-order valence-corrected chi connectivity index (χ0v) is 24.6. The largest absolute Gasteiger partial charge is 0.479 e. The van der Waals surface area contributed by atoms with Crippen molar-refractivity contribution in [2.45, 2.75) is 40.3 Å². The fourth-order valence-corrected chi connectivity index (χ4v) is 7.67. The molecular weight excluding hydrogens is 621 g/mol. The molecule has 2 amide bonds. The number of aliphatic hydroxyl groups is 1. The number of aromatic nitrogens is 1. The number of fused-ring (bicyclic) bond motifs is 1. The minimum Gasteiger partial charge on any atom is -0.479 e. The molecule has 3 atom stereocenters. The Kier molecular flexibility index (Phi) is 10.3. The van der Waals surface area contributed by atoms with Crippen LogP contribution in [0.3, 0.4) is 0 Å². The van der Waals surface area contributed by atoms with Crippen molar-refractivity contribution in [3.8, 4) is 0 Å². The topological polar surface area (TPSA) is 148 Å². The number of nitrogens with zero attached hydrogens (tertiary/aromatic N) is 2. The predicted molar refractivity (Wildman–Crippen MR) is 152 cm³/mol. The van der Waals surface area contributed by atoms with E-state index in [4.69, 9.17) is 28.3 Å². The lowest BCUT2D eigenvalue weighted by Crippen LogP contribution is -2.70. The van der Waals surface area contributed by atoms with Crippen LogP contribution in [0.5, 0.6) is 0 Å². The lowest BCUT2D eigenvalue weighted by molar-refractivity contribution is -0.698. The number of carbonyl (C=O) groups is 4. The van der Waals surface area contributed by atoms with Gasteiger partial charge in [0.05, 0.1) is 10.8 Å². The SMILES string of the molecule is O=C(CSc1cc(Cl)ccc1Cl)N[C@@H]1C(=O)N2C(C(=O)O)=C(CSc3cc[n+](CC[C@H](O)C(=O)O)cc3)CS[C@H]12. The van der Waals surface area contributed by atoms with Crippen LogP contribution in [0.15, 0.2) is 63.8 Å². The molecule has 3 heterocycles. The van der Waals surface area contributed by atoms with E-state index >= 15 is 0 Å². The molecule has 0 spiro atoms. The molecule has 15 heteroatoms. The van der Waals surface area contributed by atoms with E-state index in [1.807, 2.05) is 12.1 Å². The Balaban J connectivity index is 1.33. The van der Waals surface area contributed by atoms with Crippen LogP contribution < -0.4 is 9.88 Å². The molecular formula is C25H24Cl2N3O7S3+. The number of amides is 2. The van der Waals surface area contributed by atoms with Crippen LogP contribution in [0.2, 0.25) is 10.0 Å². The molecule has 2 aliphatic heterocycles. The molecule has 4 rings (SSSR count). The molecule has 1 saturated heterocycles. The van der Waals surface area contributed by atoms with Gasteiger partial charge >= 0.3 is 11.9 Å². The minimum atomic E-state index is -1.43. The second-order valence-corrected chi connectivity index (χ2v) is 12.8. The number of hydrogen-bond donors (Lipinski definition) is 4. The molecule has 212 valence electrons. The summed E-state index contributed by atoms with van der Waals surface area (Å²) in [5.41, 5.74) is 0.546. The van der Waals surface area contributed by atoms with Gasteiger partial charge in [-0.05, 0) is 23.8 Å². The average Bonchev–Trinajstić information content (AvgIpc) is 2.93. The Hall–Kier alpha value is -2.42. The Morgan fingerprint density at radius 3 is 2.55 bits per heavy atom. The zero-order valence-electron chi connectivity index (χ0n) is 20.7. The van der Waals surface area contributed by atoms with Crippen molar-refractivity contribution in [1.29, 1.82) is 0 Å². The third-order valence-corrected chi connectivity index (χ3v) is 10.2. The highest BCUT2D eigenvalue weighted by molar-refractivity contribution is 8.01. The van der Waals surface area contributed by atoms with Crippen molar-refractivity contribution < 1.29 is 39.1 Å². The third kappa shape index (κ3) is 7.25. The summed E-state index contributed by atoms with van der Waals surface area (Å²) in [6, 6.07) is 7.74. The van der Waals surface area contributed by atoms with Crippen LogP contribution in [0.4, 0.5) is 0 Å². The van der Waals surface area contributed by atoms with Gasteiger partial charge in [0.2, 0.25) is 5.91 Å². The number of benzene rings is 1. The summed E-state index contributed by atoms with van der Waals surface area (Å²) in [7, 11) is 0. The van der Waals surface area contributed by atoms with Gasteiger partial charge < -0.3 is 20.6 Å². The fourth-order valence-electron chi connectivity index (χ4n) is 3.99. The van der Waals surface area contributed by atoms with E-state index in [0.717, 1.165) is 4.90 Å². The van der Waals surface area contributed by atoms with Crippen molar-refractivity contribution in [3.05, 3.63) is 64.0 Å². The lowest BCUT2D eigenvalue weighted by atomic mass is 10.0. The lowest BCUT2D eigenvalue weighted by Gasteiger charge is -2.49. The first-order chi connectivity index (χ1) is 19.0. The van der Waals surface area contributed by atoms with Gasteiger partial charge in [0, 0.05) is 44.9 Å². The molecule has 10 nitrogen and oxygen atoms in total. The number of carboxylic acid groups (broad SMARTS) is 2. The van der Waals surface area contributed by atoms with Crippen molar-refractivity contribution in [2.75, 3.05) is 17.3 Å². The zero-order chi connectivity index (χ0) is 29.0. The van der Waals surface area contributed by atoms with Gasteiger partial charge in [-0.3, -0.25) is 14.5 Å². The average molecular weight is 646 g/mol. The highest BCUT2D eigenvalue weighted by Gasteiger charge is 2.54. The van der Waals surface area contributed by atoms with Gasteiger partial charge in [0.15, 0.2) is 25.0 Å². The second kappa shape index (κ2) is 13.5. The number of rotatable bonds is 12. The van der Waals surface area contributed by atoms with Gasteiger partial charge in [-0.2, -0.15) is 0 Å². The highest BCUT2D eigenvalue weighted by Crippen LogP contribution is 2.41. The number of halogens is 2. The number of carbonyl (C=O) groups excluding carboxylic acids is 2. The molecule has 40 heavy (non-hydrogen) atoms. The Bertz CT molecular complexity index is 1360. The molecule has 1 fully saturated rings. The van der Waals surface area contributed by atoms with E-state index in [0.29, 0.717) is 38.6 Å². The summed E-state index contributed by atoms with van der Waals surface area (Å²) in [4.78, 5) is 51.1. The van der Waals surface area contributed by atoms with Crippen LogP contribution in [0, 0.1) is 0 Å². The highest BCUT2D eigenvalue weighted by atomic mass is 35.5. The summed E-state index contributed by atoms with van der Waals surface area (Å²) in [5.74, 6) is -2.56. The molecule has 1 aromatic carbocycles. The number of nitrogens with one attached hydrogen (secondary N) is 1. The molecule has 2 aromatic rings. The van der Waals surface area contributed by atoms with E-state index < -0.39 is 35.4 Å². The second-order valence-electron chi connectivity index (χ2n) is 8.78. The van der Waals surface area contributed by atoms with Gasteiger partial charge in [-0.15, -0.1) is 35.3 Å². The minimum absolute atomic E-state index is 0.0158. The number of β-lactam (4-membered cyclic amide) rings is 1. The summed E-state index contributed by atoms with van der Waals surface area (Å²) >= 11 is 16.1. The maximum absolute atomic E-state index is 12.9. The van der Waals surface area contributed by atoms with Crippen LogP contribution in [-0.4, -0.2) is 78.8 Å². The summed E-state index contributed by atoms with van der Waals surface area (Å²) in [6.07, 6.45) is 2.14. The first kappa shape index (κ1) is 30.5. The number of thioether (sulfide) groups is 3. The van der Waals surface area contributed by atoms with Gasteiger partial charge in [-0.1, -0.05) is 23.2 Å². The first-order valence-electron chi connectivity index (χ1n) is 11.8. The van der Waals surface area contributed by atoms with Crippen LogP contribution in [0.1, 0.15) is 6.42 Å². The number of aliphatic carboxylic acids is 2. The van der Waals surface area contributed by atoms with E-state index in [-0.39, 0.29) is 23.8 Å². The molecule has 0 saturated carbocycles. The maximum atomic E-state index is 12.9. The van der Waals surface area contributed by atoms with Crippen LogP contribution >= 0.6 is 58.5 Å². The number of aliphatic hydroxyl groups excluding tert-OH is 1. The van der Waals surface area contributed by atoms with E-state index in [9.17, 15) is 29.4 Å². The van der Waals surface area contributed by atoms with Gasteiger partial charge in [0.1, 0.15) is 17.1 Å². The monoisotopic (exact) mass is 644 g/mol. The number of pyridine rings is 1. The molecule has 0 unspecified atom stereocenters. The number of carboxylic acids is 2. The quantitative estimate of drug-likeness (QED) is 0.154. The smallest absolute Gasteiger partial charge is 0.352 e. The Morgan fingerprint density at radius 1 is 1.15 bits per heavy atom. The van der Waals surface area contributed by atoms with Crippen molar-refractivity contribution >= 4 is 82.2 Å².